The average Bonchev–Trinajstić information content (AvgIpc) is 2.74. The molecule has 12 heavy (non-hydrogen) atoms. The maximum absolute atomic E-state index is 3.79. The first-order valence-electron chi connectivity index (χ1n) is 4.04. The van der Waals surface area contributed by atoms with Crippen molar-refractivity contribution in [3.63, 3.8) is 0 Å². The maximum atomic E-state index is 3.79. The van der Waals surface area contributed by atoms with Gasteiger partial charge in [0, 0.05) is 18.1 Å². The highest BCUT2D eigenvalue weighted by Gasteiger charge is 2.14. The highest BCUT2D eigenvalue weighted by Crippen LogP contribution is 2.23. The molecule has 1 fully saturated rings. The van der Waals surface area contributed by atoms with Crippen LogP contribution in [0.2, 0.25) is 0 Å². The molecule has 0 amide bonds. The molecule has 0 spiro atoms. The third-order valence-corrected chi connectivity index (χ3v) is 3.80. The van der Waals surface area contributed by atoms with Gasteiger partial charge in [0.25, 0.3) is 0 Å². The van der Waals surface area contributed by atoms with Crippen LogP contribution in [-0.4, -0.2) is 27.6 Å². The molecule has 1 atom stereocenters. The van der Waals surface area contributed by atoms with Gasteiger partial charge in [-0.15, -0.1) is 5.10 Å². The lowest BCUT2D eigenvalue weighted by Gasteiger charge is -2.07. The van der Waals surface area contributed by atoms with Gasteiger partial charge >= 0.3 is 0 Å². The molecule has 0 saturated carbocycles. The van der Waals surface area contributed by atoms with Crippen molar-refractivity contribution < 1.29 is 0 Å². The fraction of sp³-hybridized carbons (Fsp3) is 0.714. The lowest BCUT2D eigenvalue weighted by atomic mass is 10.1. The van der Waals surface area contributed by atoms with Crippen LogP contribution < -0.4 is 5.32 Å². The lowest BCUT2D eigenvalue weighted by molar-refractivity contribution is 0.632. The van der Waals surface area contributed by atoms with Gasteiger partial charge in [0.1, 0.15) is 5.00 Å². The Kier molecular flexibility index (Phi) is 2.83. The van der Waals surface area contributed by atoms with Gasteiger partial charge in [0.05, 0.1) is 6.20 Å². The van der Waals surface area contributed by atoms with Gasteiger partial charge in [-0.2, -0.15) is 11.8 Å². The number of anilines is 1. The van der Waals surface area contributed by atoms with Gasteiger partial charge in [-0.3, -0.25) is 0 Å². The standard InChI is InChI=1S/C7H11N3S2/c1-2-11-5-6(1)3-8-7-4-9-10-12-7/h4,6,8H,1-3,5H2. The van der Waals surface area contributed by atoms with Crippen LogP contribution in [0.4, 0.5) is 5.00 Å². The summed E-state index contributed by atoms with van der Waals surface area (Å²) in [5.74, 6) is 3.48. The first-order valence-corrected chi connectivity index (χ1v) is 5.97. The van der Waals surface area contributed by atoms with Crippen LogP contribution in [0.1, 0.15) is 6.42 Å². The molecular weight excluding hydrogens is 190 g/mol. The number of thioether (sulfide) groups is 1. The van der Waals surface area contributed by atoms with E-state index < -0.39 is 0 Å². The van der Waals surface area contributed by atoms with Gasteiger partial charge < -0.3 is 5.32 Å². The monoisotopic (exact) mass is 201 g/mol. The second kappa shape index (κ2) is 4.09. The van der Waals surface area contributed by atoms with Gasteiger partial charge in [0.2, 0.25) is 0 Å². The summed E-state index contributed by atoms with van der Waals surface area (Å²) in [5.41, 5.74) is 0. The van der Waals surface area contributed by atoms with Gasteiger partial charge in [-0.05, 0) is 23.8 Å². The molecule has 0 radical (unpaired) electrons. The van der Waals surface area contributed by atoms with E-state index in [1.165, 1.54) is 29.5 Å². The van der Waals surface area contributed by atoms with Crippen molar-refractivity contribution in [2.75, 3.05) is 23.4 Å². The molecule has 0 aromatic carbocycles. The van der Waals surface area contributed by atoms with E-state index in [1.54, 1.807) is 6.20 Å². The lowest BCUT2D eigenvalue weighted by Crippen LogP contribution is -2.12. The van der Waals surface area contributed by atoms with Gasteiger partial charge in [-0.1, -0.05) is 4.49 Å². The van der Waals surface area contributed by atoms with Crippen molar-refractivity contribution >= 4 is 28.3 Å². The summed E-state index contributed by atoms with van der Waals surface area (Å²) in [6.45, 7) is 1.08. The van der Waals surface area contributed by atoms with E-state index in [1.807, 2.05) is 0 Å². The third-order valence-electron chi connectivity index (χ3n) is 1.95. The second-order valence-electron chi connectivity index (χ2n) is 2.89. The molecule has 1 aliphatic rings. The summed E-state index contributed by atoms with van der Waals surface area (Å²) < 4.78 is 3.79. The zero-order chi connectivity index (χ0) is 8.23. The summed E-state index contributed by atoms with van der Waals surface area (Å²) in [6, 6.07) is 0. The van der Waals surface area contributed by atoms with Gasteiger partial charge in [-0.25, -0.2) is 0 Å². The van der Waals surface area contributed by atoms with Crippen molar-refractivity contribution in [1.82, 2.24) is 9.59 Å². The zero-order valence-corrected chi connectivity index (χ0v) is 8.33. The van der Waals surface area contributed by atoms with E-state index in [2.05, 4.69) is 26.7 Å². The van der Waals surface area contributed by atoms with Crippen molar-refractivity contribution in [3.05, 3.63) is 6.20 Å². The minimum Gasteiger partial charge on any atom is -0.374 e. The summed E-state index contributed by atoms with van der Waals surface area (Å²) >= 11 is 3.48. The van der Waals surface area contributed by atoms with E-state index in [-0.39, 0.29) is 0 Å². The van der Waals surface area contributed by atoms with E-state index in [9.17, 15) is 0 Å². The highest BCUT2D eigenvalue weighted by atomic mass is 32.2. The Hall–Kier alpha value is -0.290. The Bertz CT molecular complexity index is 219. The predicted octanol–water partition coefficient (Wildman–Crippen LogP) is 1.70. The molecule has 0 aliphatic carbocycles. The summed E-state index contributed by atoms with van der Waals surface area (Å²) in [7, 11) is 0. The fourth-order valence-electron chi connectivity index (χ4n) is 1.23. The Balaban J connectivity index is 1.74. The van der Waals surface area contributed by atoms with Crippen LogP contribution in [0.3, 0.4) is 0 Å². The Morgan fingerprint density at radius 3 is 3.33 bits per heavy atom. The molecular formula is C7H11N3S2. The number of hydrogen-bond acceptors (Lipinski definition) is 5. The average molecular weight is 201 g/mol. The molecule has 0 bridgehead atoms. The molecule has 1 aromatic heterocycles. The molecule has 1 unspecified atom stereocenters. The number of nitrogens with zero attached hydrogens (tertiary/aromatic N) is 2. The topological polar surface area (TPSA) is 37.8 Å². The Morgan fingerprint density at radius 1 is 1.67 bits per heavy atom. The van der Waals surface area contributed by atoms with Crippen LogP contribution in [-0.2, 0) is 0 Å². The third kappa shape index (κ3) is 2.10. The van der Waals surface area contributed by atoms with Crippen LogP contribution >= 0.6 is 23.3 Å². The number of rotatable bonds is 3. The van der Waals surface area contributed by atoms with Crippen molar-refractivity contribution in [2.45, 2.75) is 6.42 Å². The molecule has 1 saturated heterocycles. The van der Waals surface area contributed by atoms with Crippen molar-refractivity contribution in [1.29, 1.82) is 0 Å². The molecule has 2 rings (SSSR count). The van der Waals surface area contributed by atoms with Crippen LogP contribution in [0.5, 0.6) is 0 Å². The number of aromatic nitrogens is 2. The smallest absolute Gasteiger partial charge is 0.130 e. The largest absolute Gasteiger partial charge is 0.374 e. The Labute approximate surface area is 80.1 Å². The van der Waals surface area contributed by atoms with E-state index in [4.69, 9.17) is 0 Å². The SMILES string of the molecule is c1nnsc1NCC1CCSC1. The van der Waals surface area contributed by atoms with E-state index in [0.29, 0.717) is 0 Å². The van der Waals surface area contributed by atoms with Gasteiger partial charge in [0.15, 0.2) is 0 Å². The van der Waals surface area contributed by atoms with E-state index in [0.717, 1.165) is 17.5 Å². The summed E-state index contributed by atoms with van der Waals surface area (Å²) in [5, 5.41) is 8.20. The molecule has 5 heteroatoms. The minimum absolute atomic E-state index is 0.845. The molecule has 1 aliphatic heterocycles. The van der Waals surface area contributed by atoms with Crippen LogP contribution in [0.25, 0.3) is 0 Å². The summed E-state index contributed by atoms with van der Waals surface area (Å²) in [4.78, 5) is 0. The first kappa shape index (κ1) is 8.31. The summed E-state index contributed by atoms with van der Waals surface area (Å²) in [6.07, 6.45) is 3.14. The predicted molar refractivity (Wildman–Crippen MR) is 53.8 cm³/mol. The number of nitrogens with one attached hydrogen (secondary N) is 1. The quantitative estimate of drug-likeness (QED) is 0.808. The van der Waals surface area contributed by atoms with Crippen LogP contribution in [0.15, 0.2) is 6.20 Å². The zero-order valence-electron chi connectivity index (χ0n) is 6.69. The van der Waals surface area contributed by atoms with Crippen LogP contribution in [0, 0.1) is 5.92 Å². The molecule has 1 N–H and O–H groups in total. The van der Waals surface area contributed by atoms with Crippen molar-refractivity contribution in [2.24, 2.45) is 5.92 Å². The fourth-order valence-corrected chi connectivity index (χ4v) is 2.94. The normalized spacial score (nSPS) is 22.8. The molecule has 3 nitrogen and oxygen atoms in total. The number of hydrogen-bond donors (Lipinski definition) is 1. The van der Waals surface area contributed by atoms with Crippen molar-refractivity contribution in [3.8, 4) is 0 Å². The molecule has 1 aromatic rings. The van der Waals surface area contributed by atoms with E-state index >= 15 is 0 Å². The molecule has 2 heterocycles. The minimum atomic E-state index is 0.845. The molecule has 66 valence electrons. The highest BCUT2D eigenvalue weighted by molar-refractivity contribution is 7.99. The Morgan fingerprint density at radius 2 is 2.67 bits per heavy atom. The second-order valence-corrected chi connectivity index (χ2v) is 4.83. The first-order chi connectivity index (χ1) is 5.95. The maximum Gasteiger partial charge on any atom is 0.130 e.